The maximum atomic E-state index is 12.1. The zero-order valence-electron chi connectivity index (χ0n) is 10.0. The van der Waals surface area contributed by atoms with Crippen molar-refractivity contribution >= 4 is 39.2 Å². The molecule has 0 fully saturated rings. The van der Waals surface area contributed by atoms with E-state index in [2.05, 4.69) is 36.2 Å². The van der Waals surface area contributed by atoms with Crippen molar-refractivity contribution in [2.75, 3.05) is 11.1 Å². The third kappa shape index (κ3) is 2.88. The third-order valence-electron chi connectivity index (χ3n) is 2.28. The van der Waals surface area contributed by atoms with E-state index in [4.69, 9.17) is 11.5 Å². The average Bonchev–Trinajstić information content (AvgIpc) is 2.41. The molecule has 0 unspecified atom stereocenters. The van der Waals surface area contributed by atoms with Crippen LogP contribution in [0.25, 0.3) is 0 Å². The summed E-state index contributed by atoms with van der Waals surface area (Å²) in [6, 6.07) is 3.05. The van der Waals surface area contributed by atoms with Crippen molar-refractivity contribution in [1.29, 1.82) is 0 Å². The summed E-state index contributed by atoms with van der Waals surface area (Å²) < 4.78 is 0.359. The molecule has 2 heterocycles. The molecule has 102 valence electrons. The predicted molar refractivity (Wildman–Crippen MR) is 74.9 cm³/mol. The van der Waals surface area contributed by atoms with Gasteiger partial charge in [-0.3, -0.25) is 9.59 Å². The molecule has 2 rings (SSSR count). The lowest BCUT2D eigenvalue weighted by molar-refractivity contribution is 0.0996. The molecule has 2 aromatic rings. The third-order valence-corrected chi connectivity index (χ3v) is 2.66. The number of nitrogens with one attached hydrogen (secondary N) is 1. The van der Waals surface area contributed by atoms with E-state index in [1.165, 1.54) is 18.5 Å². The van der Waals surface area contributed by atoms with Gasteiger partial charge in [0.25, 0.3) is 11.8 Å². The Morgan fingerprint density at radius 1 is 1.25 bits per heavy atom. The maximum absolute atomic E-state index is 12.1. The number of halogens is 1. The summed E-state index contributed by atoms with van der Waals surface area (Å²) in [7, 11) is 0. The van der Waals surface area contributed by atoms with Crippen LogP contribution in [0.2, 0.25) is 0 Å². The zero-order valence-corrected chi connectivity index (χ0v) is 11.6. The van der Waals surface area contributed by atoms with E-state index in [1.807, 2.05) is 0 Å². The Balaban J connectivity index is 2.33. The van der Waals surface area contributed by atoms with Crippen LogP contribution in [0.4, 0.5) is 11.5 Å². The average molecular weight is 337 g/mol. The molecule has 2 aromatic heterocycles. The van der Waals surface area contributed by atoms with Gasteiger partial charge in [0.2, 0.25) is 0 Å². The second-order valence-electron chi connectivity index (χ2n) is 3.64. The van der Waals surface area contributed by atoms with Gasteiger partial charge in [-0.2, -0.15) is 0 Å². The summed E-state index contributed by atoms with van der Waals surface area (Å²) in [6.07, 6.45) is 2.76. The van der Waals surface area contributed by atoms with E-state index in [-0.39, 0.29) is 22.9 Å². The van der Waals surface area contributed by atoms with E-state index >= 15 is 0 Å². The molecule has 0 aromatic carbocycles. The smallest absolute Gasteiger partial charge is 0.278 e. The normalized spacial score (nSPS) is 10.1. The number of rotatable bonds is 3. The molecule has 0 saturated heterocycles. The highest BCUT2D eigenvalue weighted by molar-refractivity contribution is 9.10. The molecular weight excluding hydrogens is 328 g/mol. The number of nitrogen functional groups attached to an aromatic ring is 1. The zero-order chi connectivity index (χ0) is 14.7. The molecule has 0 spiro atoms. The molecule has 0 aliphatic heterocycles. The lowest BCUT2D eigenvalue weighted by Gasteiger charge is -2.08. The Hall–Kier alpha value is -2.55. The van der Waals surface area contributed by atoms with E-state index in [9.17, 15) is 9.59 Å². The molecule has 0 radical (unpaired) electrons. The van der Waals surface area contributed by atoms with Crippen LogP contribution in [0.15, 0.2) is 29.1 Å². The second-order valence-corrected chi connectivity index (χ2v) is 4.46. The van der Waals surface area contributed by atoms with E-state index in [0.717, 1.165) is 0 Å². The van der Waals surface area contributed by atoms with Crippen molar-refractivity contribution in [3.63, 3.8) is 0 Å². The van der Waals surface area contributed by atoms with Gasteiger partial charge in [0.15, 0.2) is 17.2 Å². The first-order valence-corrected chi connectivity index (χ1v) is 6.12. The Labute approximate surface area is 121 Å². The van der Waals surface area contributed by atoms with E-state index in [1.54, 1.807) is 6.07 Å². The molecule has 0 saturated carbocycles. The van der Waals surface area contributed by atoms with Gasteiger partial charge in [0.1, 0.15) is 4.60 Å². The van der Waals surface area contributed by atoms with Crippen molar-refractivity contribution < 1.29 is 9.59 Å². The van der Waals surface area contributed by atoms with Gasteiger partial charge in [-0.15, -0.1) is 0 Å². The minimum absolute atomic E-state index is 0.0322. The number of nitrogens with two attached hydrogens (primary N) is 2. The first kappa shape index (κ1) is 13.9. The number of hydrogen-bond donors (Lipinski definition) is 3. The number of hydrogen-bond acceptors (Lipinski definition) is 6. The number of pyridine rings is 1. The number of carbonyl (C=O) groups excluding carboxylic acids is 2. The Morgan fingerprint density at radius 2 is 2.00 bits per heavy atom. The van der Waals surface area contributed by atoms with Crippen molar-refractivity contribution in [2.24, 2.45) is 5.73 Å². The summed E-state index contributed by atoms with van der Waals surface area (Å²) in [5.74, 6) is -1.41. The summed E-state index contributed by atoms with van der Waals surface area (Å²) in [5, 5.41) is 2.47. The Kier molecular flexibility index (Phi) is 3.89. The Morgan fingerprint density at radius 3 is 2.70 bits per heavy atom. The molecule has 2 amide bonds. The highest BCUT2D eigenvalue weighted by Crippen LogP contribution is 2.15. The van der Waals surface area contributed by atoms with Crippen molar-refractivity contribution in [2.45, 2.75) is 0 Å². The van der Waals surface area contributed by atoms with Crippen molar-refractivity contribution in [3.05, 3.63) is 40.5 Å². The van der Waals surface area contributed by atoms with Gasteiger partial charge in [0.05, 0.1) is 11.9 Å². The van der Waals surface area contributed by atoms with Crippen LogP contribution in [0.1, 0.15) is 21.0 Å². The van der Waals surface area contributed by atoms with Crippen LogP contribution in [0.3, 0.4) is 0 Å². The van der Waals surface area contributed by atoms with Crippen LogP contribution < -0.4 is 16.8 Å². The number of nitrogens with zero attached hydrogens (tertiary/aromatic N) is 3. The largest absolute Gasteiger partial charge is 0.382 e. The SMILES string of the molecule is NC(=O)c1ncccc1NC(=O)c1nc(Br)cnc1N. The fourth-order valence-corrected chi connectivity index (χ4v) is 1.71. The van der Waals surface area contributed by atoms with Gasteiger partial charge in [-0.1, -0.05) is 0 Å². The van der Waals surface area contributed by atoms with Crippen molar-refractivity contribution in [3.8, 4) is 0 Å². The summed E-state index contributed by atoms with van der Waals surface area (Å²) in [6.45, 7) is 0. The van der Waals surface area contributed by atoms with Gasteiger partial charge < -0.3 is 16.8 Å². The highest BCUT2D eigenvalue weighted by atomic mass is 79.9. The van der Waals surface area contributed by atoms with Gasteiger partial charge in [0, 0.05) is 6.20 Å². The fraction of sp³-hybridized carbons (Fsp3) is 0. The van der Waals surface area contributed by atoms with Crippen LogP contribution in [-0.4, -0.2) is 26.8 Å². The number of anilines is 2. The minimum Gasteiger partial charge on any atom is -0.382 e. The van der Waals surface area contributed by atoms with E-state index < -0.39 is 11.8 Å². The monoisotopic (exact) mass is 336 g/mol. The fourth-order valence-electron chi connectivity index (χ4n) is 1.43. The van der Waals surface area contributed by atoms with Gasteiger partial charge in [-0.25, -0.2) is 15.0 Å². The van der Waals surface area contributed by atoms with Gasteiger partial charge >= 0.3 is 0 Å². The summed E-state index contributed by atoms with van der Waals surface area (Å²) >= 11 is 3.09. The first-order valence-electron chi connectivity index (χ1n) is 5.33. The van der Waals surface area contributed by atoms with Gasteiger partial charge in [-0.05, 0) is 28.1 Å². The predicted octanol–water partition coefficient (Wildman–Crippen LogP) is 0.567. The first-order chi connectivity index (χ1) is 9.49. The second kappa shape index (κ2) is 5.61. The number of aromatic nitrogens is 3. The maximum Gasteiger partial charge on any atom is 0.278 e. The highest BCUT2D eigenvalue weighted by Gasteiger charge is 2.17. The molecule has 0 aliphatic carbocycles. The van der Waals surface area contributed by atoms with Crippen LogP contribution >= 0.6 is 15.9 Å². The number of amides is 2. The lowest BCUT2D eigenvalue weighted by Crippen LogP contribution is -2.21. The van der Waals surface area contributed by atoms with Crippen LogP contribution in [0, 0.1) is 0 Å². The lowest BCUT2D eigenvalue weighted by atomic mass is 10.2. The standard InChI is InChI=1S/C11H9BrN6O2/c12-6-4-16-9(13)8(18-6)11(20)17-5-2-1-3-15-7(5)10(14)19/h1-4H,(H2,13,16)(H2,14,19)(H,17,20). The van der Waals surface area contributed by atoms with E-state index in [0.29, 0.717) is 4.60 Å². The summed E-state index contributed by atoms with van der Waals surface area (Å²) in [5.41, 5.74) is 10.8. The molecule has 5 N–H and O–H groups in total. The van der Waals surface area contributed by atoms with Crippen molar-refractivity contribution in [1.82, 2.24) is 15.0 Å². The summed E-state index contributed by atoms with van der Waals surface area (Å²) in [4.78, 5) is 34.8. The molecule has 8 nitrogen and oxygen atoms in total. The van der Waals surface area contributed by atoms with Crippen LogP contribution in [0.5, 0.6) is 0 Å². The quantitative estimate of drug-likeness (QED) is 0.749. The molecule has 0 bridgehead atoms. The minimum atomic E-state index is -0.755. The molecule has 20 heavy (non-hydrogen) atoms. The van der Waals surface area contributed by atoms with Crippen LogP contribution in [-0.2, 0) is 0 Å². The molecular formula is C11H9BrN6O2. The number of carbonyl (C=O) groups is 2. The number of primary amides is 1. The molecule has 0 aliphatic rings. The molecule has 0 atom stereocenters. The molecule has 9 heteroatoms. The topological polar surface area (TPSA) is 137 Å². The Bertz CT molecular complexity index is 690.